The van der Waals surface area contributed by atoms with Gasteiger partial charge in [0.05, 0.1) is 11.7 Å². The van der Waals surface area contributed by atoms with Gasteiger partial charge < -0.3 is 5.32 Å². The lowest BCUT2D eigenvalue weighted by atomic mass is 9.60. The van der Waals surface area contributed by atoms with Crippen LogP contribution in [0.3, 0.4) is 0 Å². The normalized spacial score (nSPS) is 27.7. The number of carbonyl (C=O) groups is 1. The second-order valence-corrected chi connectivity index (χ2v) is 8.58. The van der Waals surface area contributed by atoms with Gasteiger partial charge in [-0.15, -0.1) is 0 Å². The number of amides is 1. The lowest BCUT2D eigenvalue weighted by molar-refractivity contribution is -0.124. The van der Waals surface area contributed by atoms with Crippen LogP contribution in [-0.2, 0) is 4.79 Å². The Morgan fingerprint density at radius 3 is 2.56 bits per heavy atom. The van der Waals surface area contributed by atoms with Crippen LogP contribution in [0.5, 0.6) is 0 Å². The molecule has 0 spiro atoms. The van der Waals surface area contributed by atoms with Crippen LogP contribution in [0.1, 0.15) is 67.1 Å². The van der Waals surface area contributed by atoms with Crippen molar-refractivity contribution in [2.24, 2.45) is 11.8 Å². The summed E-state index contributed by atoms with van der Waals surface area (Å²) in [5, 5.41) is 8.03. The van der Waals surface area contributed by atoms with Gasteiger partial charge in [0.15, 0.2) is 0 Å². The Balaban J connectivity index is 1.44. The molecule has 4 heteroatoms. The fourth-order valence-corrected chi connectivity index (χ4v) is 5.40. The van der Waals surface area contributed by atoms with E-state index >= 15 is 0 Å². The van der Waals surface area contributed by atoms with E-state index in [-0.39, 0.29) is 11.9 Å². The molecule has 1 aromatic heterocycles. The van der Waals surface area contributed by atoms with Crippen LogP contribution in [-0.4, -0.2) is 21.7 Å². The summed E-state index contributed by atoms with van der Waals surface area (Å²) in [5.41, 5.74) is 4.82. The van der Waals surface area contributed by atoms with Gasteiger partial charge in [0.2, 0.25) is 5.91 Å². The molecular weight excluding hydrogens is 334 g/mol. The number of hydrogen-bond acceptors (Lipinski definition) is 2. The Kier molecular flexibility index (Phi) is 4.83. The van der Waals surface area contributed by atoms with Gasteiger partial charge in [0.1, 0.15) is 0 Å². The number of nitrogens with one attached hydrogen (secondary N) is 1. The second-order valence-electron chi connectivity index (χ2n) is 8.58. The zero-order valence-corrected chi connectivity index (χ0v) is 16.9. The molecule has 1 amide bonds. The third kappa shape index (κ3) is 3.19. The van der Waals surface area contributed by atoms with Crippen molar-refractivity contribution in [3.05, 3.63) is 52.8 Å². The topological polar surface area (TPSA) is 46.9 Å². The molecule has 0 unspecified atom stereocenters. The summed E-state index contributed by atoms with van der Waals surface area (Å²) in [7, 11) is 0. The molecule has 0 saturated heterocycles. The summed E-state index contributed by atoms with van der Waals surface area (Å²) >= 11 is 0. The van der Waals surface area contributed by atoms with Crippen LogP contribution in [0.4, 0.5) is 0 Å². The lowest BCUT2D eigenvalue weighted by Gasteiger charge is -2.50. The molecule has 0 bridgehead atoms. The first-order valence-corrected chi connectivity index (χ1v) is 10.3. The SMILES string of the molecule is Cc1nn([C@H](C)CC(=O)N[C@@H]2[C@@H]3CCC[C@@H]3[C@@H]2c2ccccc2)c(C)c1C. The monoisotopic (exact) mass is 365 g/mol. The van der Waals surface area contributed by atoms with Crippen molar-refractivity contribution in [1.82, 2.24) is 15.1 Å². The summed E-state index contributed by atoms with van der Waals surface area (Å²) in [6.07, 6.45) is 4.34. The van der Waals surface area contributed by atoms with Gasteiger partial charge in [-0.25, -0.2) is 0 Å². The lowest BCUT2D eigenvalue weighted by Crippen LogP contribution is -2.56. The molecule has 2 fully saturated rings. The van der Waals surface area contributed by atoms with Gasteiger partial charge in [0.25, 0.3) is 0 Å². The Morgan fingerprint density at radius 1 is 1.19 bits per heavy atom. The number of benzene rings is 1. The maximum absolute atomic E-state index is 12.8. The van der Waals surface area contributed by atoms with Crippen molar-refractivity contribution in [3.63, 3.8) is 0 Å². The van der Waals surface area contributed by atoms with Crippen molar-refractivity contribution >= 4 is 5.91 Å². The molecule has 0 radical (unpaired) electrons. The predicted octanol–water partition coefficient (Wildman–Crippen LogP) is 4.46. The number of carbonyl (C=O) groups excluding carboxylic acids is 1. The van der Waals surface area contributed by atoms with Gasteiger partial charge in [0, 0.05) is 24.1 Å². The fourth-order valence-electron chi connectivity index (χ4n) is 5.40. The van der Waals surface area contributed by atoms with Crippen LogP contribution in [0, 0.1) is 32.6 Å². The van der Waals surface area contributed by atoms with Crippen LogP contribution in [0.2, 0.25) is 0 Å². The number of aromatic nitrogens is 2. The van der Waals surface area contributed by atoms with E-state index in [0.717, 1.165) is 17.3 Å². The van der Waals surface area contributed by atoms with Gasteiger partial charge in [-0.3, -0.25) is 9.48 Å². The highest BCUT2D eigenvalue weighted by Gasteiger charge is 2.53. The molecule has 4 rings (SSSR count). The van der Waals surface area contributed by atoms with Crippen molar-refractivity contribution in [2.45, 2.75) is 71.4 Å². The van der Waals surface area contributed by atoms with Crippen molar-refractivity contribution < 1.29 is 4.79 Å². The Morgan fingerprint density at radius 2 is 1.89 bits per heavy atom. The van der Waals surface area contributed by atoms with Gasteiger partial charge in [-0.2, -0.15) is 5.10 Å². The van der Waals surface area contributed by atoms with E-state index < -0.39 is 0 Å². The largest absolute Gasteiger partial charge is 0.352 e. The molecule has 2 saturated carbocycles. The highest BCUT2D eigenvalue weighted by Crippen LogP contribution is 2.55. The first-order chi connectivity index (χ1) is 13.0. The minimum Gasteiger partial charge on any atom is -0.352 e. The first-order valence-electron chi connectivity index (χ1n) is 10.3. The van der Waals surface area contributed by atoms with E-state index in [2.05, 4.69) is 61.5 Å². The molecule has 1 heterocycles. The average molecular weight is 366 g/mol. The van der Waals surface area contributed by atoms with Crippen molar-refractivity contribution in [1.29, 1.82) is 0 Å². The standard InChI is InChI=1S/C23H31N3O/c1-14(26-17(4)15(2)16(3)25-26)13-21(27)24-23-20-12-8-11-19(20)22(23)18-9-6-5-7-10-18/h5-7,9-10,14,19-20,22-23H,8,11-13H2,1-4H3,(H,24,27)/t14-,19+,20-,22+,23-/m1/s1. The van der Waals surface area contributed by atoms with E-state index in [9.17, 15) is 4.79 Å². The van der Waals surface area contributed by atoms with E-state index in [4.69, 9.17) is 0 Å². The highest BCUT2D eigenvalue weighted by molar-refractivity contribution is 5.77. The van der Waals surface area contributed by atoms with Crippen molar-refractivity contribution in [3.8, 4) is 0 Å². The fraction of sp³-hybridized carbons (Fsp3) is 0.565. The predicted molar refractivity (Wildman–Crippen MR) is 108 cm³/mol. The van der Waals surface area contributed by atoms with Crippen LogP contribution in [0.25, 0.3) is 0 Å². The third-order valence-electron chi connectivity index (χ3n) is 7.03. The number of fused-ring (bicyclic) bond motifs is 1. The minimum atomic E-state index is 0.0760. The van der Waals surface area contributed by atoms with E-state index in [1.54, 1.807) is 0 Å². The van der Waals surface area contributed by atoms with Crippen LogP contribution >= 0.6 is 0 Å². The average Bonchev–Trinajstić information content (AvgIpc) is 3.17. The van der Waals surface area contributed by atoms with E-state index in [0.29, 0.717) is 24.3 Å². The zero-order valence-electron chi connectivity index (χ0n) is 16.9. The van der Waals surface area contributed by atoms with Gasteiger partial charge in [-0.05, 0) is 63.5 Å². The summed E-state index contributed by atoms with van der Waals surface area (Å²) < 4.78 is 2.01. The molecule has 1 N–H and O–H groups in total. The molecule has 2 aliphatic carbocycles. The minimum absolute atomic E-state index is 0.0760. The maximum atomic E-state index is 12.8. The van der Waals surface area contributed by atoms with Gasteiger partial charge >= 0.3 is 0 Å². The highest BCUT2D eigenvalue weighted by atomic mass is 16.1. The summed E-state index contributed by atoms with van der Waals surface area (Å²) in [6.45, 7) is 8.31. The summed E-state index contributed by atoms with van der Waals surface area (Å²) in [5.74, 6) is 2.04. The Bertz CT molecular complexity index is 826. The summed E-state index contributed by atoms with van der Waals surface area (Å²) in [4.78, 5) is 12.8. The molecular formula is C23H31N3O. The van der Waals surface area contributed by atoms with Crippen molar-refractivity contribution in [2.75, 3.05) is 0 Å². The first kappa shape index (κ1) is 18.3. The van der Waals surface area contributed by atoms with Crippen LogP contribution < -0.4 is 5.32 Å². The van der Waals surface area contributed by atoms with E-state index in [1.807, 2.05) is 11.6 Å². The molecule has 4 nitrogen and oxygen atoms in total. The molecule has 5 atom stereocenters. The number of hydrogen-bond donors (Lipinski definition) is 1. The zero-order chi connectivity index (χ0) is 19.1. The number of nitrogens with zero attached hydrogens (tertiary/aromatic N) is 2. The maximum Gasteiger partial charge on any atom is 0.222 e. The molecule has 2 aliphatic rings. The second kappa shape index (κ2) is 7.14. The van der Waals surface area contributed by atoms with Gasteiger partial charge in [-0.1, -0.05) is 36.8 Å². The van der Waals surface area contributed by atoms with E-state index in [1.165, 1.54) is 30.4 Å². The van der Waals surface area contributed by atoms with Crippen LogP contribution in [0.15, 0.2) is 30.3 Å². The Labute approximate surface area is 162 Å². The number of rotatable bonds is 5. The molecule has 0 aliphatic heterocycles. The smallest absolute Gasteiger partial charge is 0.222 e. The molecule has 2 aromatic rings. The quantitative estimate of drug-likeness (QED) is 0.850. The molecule has 144 valence electrons. The third-order valence-corrected chi connectivity index (χ3v) is 7.03. The number of aryl methyl sites for hydroxylation is 1. The molecule has 27 heavy (non-hydrogen) atoms. The summed E-state index contributed by atoms with van der Waals surface area (Å²) in [6, 6.07) is 11.1. The molecule has 1 aromatic carbocycles. The Hall–Kier alpha value is -2.10.